The van der Waals surface area contributed by atoms with Gasteiger partial charge in [-0.3, -0.25) is 24.0 Å². The van der Waals surface area contributed by atoms with E-state index in [9.17, 15) is 34.3 Å². The lowest BCUT2D eigenvalue weighted by molar-refractivity contribution is -0.143. The van der Waals surface area contributed by atoms with E-state index in [0.717, 1.165) is 0 Å². The molecule has 5 rings (SSSR count). The minimum atomic E-state index is -1.31. The largest absolute Gasteiger partial charge is 0.492 e. The maximum Gasteiger partial charge on any atom is 0.229 e. The van der Waals surface area contributed by atoms with Crippen LogP contribution in [0, 0.1) is 23.2 Å². The number of aliphatic hydroxyl groups is 1. The molecule has 6 N–H and O–H groups in total. The fraction of sp³-hybridized carbons (Fsp3) is 0.364. The van der Waals surface area contributed by atoms with Gasteiger partial charge >= 0.3 is 0 Å². The normalized spacial score (nSPS) is 17.1. The van der Waals surface area contributed by atoms with Crippen LogP contribution in [0.1, 0.15) is 60.1 Å². The number of halogens is 1. The van der Waals surface area contributed by atoms with Crippen LogP contribution >= 0.6 is 11.6 Å². The molecule has 1 aromatic heterocycles. The van der Waals surface area contributed by atoms with Gasteiger partial charge in [-0.1, -0.05) is 30.7 Å². The number of amides is 2. The Balaban J connectivity index is 1.55. The van der Waals surface area contributed by atoms with Gasteiger partial charge in [-0.15, -0.1) is 0 Å². The fourth-order valence-electron chi connectivity index (χ4n) is 6.92. The maximum absolute atomic E-state index is 14.5. The van der Waals surface area contributed by atoms with Crippen LogP contribution in [0.25, 0.3) is 22.5 Å². The van der Waals surface area contributed by atoms with Gasteiger partial charge in [-0.25, -0.2) is 9.97 Å². The molecule has 0 saturated carbocycles. The number of carbonyl (C=O) groups excluding carboxylic acids is 5. The minimum Gasteiger partial charge on any atom is -0.492 e. The van der Waals surface area contributed by atoms with Crippen LogP contribution in [0.5, 0.6) is 11.5 Å². The fourth-order valence-corrected chi connectivity index (χ4v) is 7.05. The molecule has 15 nitrogen and oxygen atoms in total. The molecule has 2 heterocycles. The SMILES string of the molecule is C[C@@H]1CC(=O)[C@@H](N(C)C(=O)[C@H](CO)CC(=O)c2cnc(-c3ccc(Cl)cc3)nc2)c2ccc(OCCN)c(c2)-c2cc(ccc2OCCN)C[C@@H](C(=O)CCC#N)NC1=O. The van der Waals surface area contributed by atoms with E-state index in [0.29, 0.717) is 50.2 Å². The summed E-state index contributed by atoms with van der Waals surface area (Å²) in [7, 11) is 1.40. The number of hydrogen-bond acceptors (Lipinski definition) is 13. The highest BCUT2D eigenvalue weighted by Crippen LogP contribution is 2.41. The molecule has 314 valence electrons. The molecule has 0 unspecified atom stereocenters. The molecule has 60 heavy (non-hydrogen) atoms. The number of aliphatic hydroxyl groups excluding tert-OH is 1. The number of nitriles is 1. The van der Waals surface area contributed by atoms with E-state index >= 15 is 0 Å². The summed E-state index contributed by atoms with van der Waals surface area (Å²) >= 11 is 5.99. The van der Waals surface area contributed by atoms with Crippen LogP contribution in [0.3, 0.4) is 0 Å². The summed E-state index contributed by atoms with van der Waals surface area (Å²) in [4.78, 5) is 79.1. The van der Waals surface area contributed by atoms with Crippen molar-refractivity contribution in [3.63, 3.8) is 0 Å². The van der Waals surface area contributed by atoms with Gasteiger partial charge in [0, 0.05) is 85.8 Å². The lowest BCUT2D eigenvalue weighted by atomic mass is 9.88. The van der Waals surface area contributed by atoms with Crippen LogP contribution in [0.4, 0.5) is 0 Å². The zero-order valence-corrected chi connectivity index (χ0v) is 34.2. The monoisotopic (exact) mass is 837 g/mol. The third-order valence-electron chi connectivity index (χ3n) is 10.1. The molecule has 0 spiro atoms. The first-order valence-corrected chi connectivity index (χ1v) is 19.9. The molecule has 3 aromatic carbocycles. The summed E-state index contributed by atoms with van der Waals surface area (Å²) in [5.41, 5.74) is 14.4. The summed E-state index contributed by atoms with van der Waals surface area (Å²) in [6.07, 6.45) is 1.86. The number of ether oxygens (including phenoxy) is 2. The number of rotatable bonds is 16. The quantitative estimate of drug-likeness (QED) is 0.117. The Bertz CT molecular complexity index is 2230. The lowest BCUT2D eigenvalue weighted by Gasteiger charge is -2.32. The van der Waals surface area contributed by atoms with Crippen molar-refractivity contribution in [2.24, 2.45) is 23.3 Å². The highest BCUT2D eigenvalue weighted by molar-refractivity contribution is 6.30. The Kier molecular flexibility index (Phi) is 16.0. The first kappa shape index (κ1) is 45.0. The summed E-state index contributed by atoms with van der Waals surface area (Å²) in [6.45, 7) is 1.53. The van der Waals surface area contributed by atoms with E-state index in [2.05, 4.69) is 15.3 Å². The number of hydrogen-bond donors (Lipinski definition) is 4. The smallest absolute Gasteiger partial charge is 0.229 e. The lowest BCUT2D eigenvalue weighted by Crippen LogP contribution is -2.46. The first-order chi connectivity index (χ1) is 28.9. The Labute approximate surface area is 353 Å². The second-order valence-electron chi connectivity index (χ2n) is 14.5. The number of carbonyl (C=O) groups is 5. The standard InChI is InChI=1S/C44H48ClN7O8/c1-26-18-38(56)41(52(2)44(58)30(25-53)22-37(55)31-23-49-42(50-24-31)28-6-9-32(45)10-7-28)29-8-12-40(60-17-15-48)34(21-29)33-19-27(5-11-39(33)59-16-14-47)20-35(51-43(26)57)36(54)4-3-13-46/h5-12,19,21,23-24,26,30,35,41,53H,3-4,14-18,20,22,25,47-48H2,1-2H3,(H,51,57)/t26-,30+,35+,41+/m1/s1. The van der Waals surface area contributed by atoms with E-state index in [1.165, 1.54) is 24.3 Å². The minimum absolute atomic E-state index is 0.0438. The number of Topliss-reactive ketones (excluding diaryl/α,β-unsaturated/α-hetero) is 3. The van der Waals surface area contributed by atoms with E-state index < -0.39 is 60.3 Å². The molecule has 16 heteroatoms. The van der Waals surface area contributed by atoms with Crippen molar-refractivity contribution in [1.29, 1.82) is 5.26 Å². The second kappa shape index (κ2) is 21.3. The van der Waals surface area contributed by atoms with Crippen molar-refractivity contribution in [3.8, 4) is 40.1 Å². The molecule has 0 fully saturated rings. The highest BCUT2D eigenvalue weighted by Gasteiger charge is 2.36. The predicted molar refractivity (Wildman–Crippen MR) is 223 cm³/mol. The Morgan fingerprint density at radius 3 is 2.22 bits per heavy atom. The zero-order valence-electron chi connectivity index (χ0n) is 33.4. The number of nitrogens with one attached hydrogen (secondary N) is 1. The van der Waals surface area contributed by atoms with Crippen molar-refractivity contribution < 1.29 is 38.6 Å². The molecule has 4 bridgehead atoms. The van der Waals surface area contributed by atoms with E-state index in [4.69, 9.17) is 32.5 Å². The van der Waals surface area contributed by atoms with Crippen LogP contribution in [0.15, 0.2) is 73.1 Å². The topological polar surface area (TPSA) is 241 Å². The molecule has 4 aromatic rings. The molecular formula is C44H48ClN7O8. The van der Waals surface area contributed by atoms with Crippen LogP contribution < -0.4 is 26.3 Å². The highest BCUT2D eigenvalue weighted by atomic mass is 35.5. The number of aromatic nitrogens is 2. The molecule has 4 atom stereocenters. The number of ketones is 3. The average Bonchev–Trinajstić information content (AvgIpc) is 3.25. The molecule has 1 aliphatic heterocycles. The third-order valence-corrected chi connectivity index (χ3v) is 10.4. The van der Waals surface area contributed by atoms with E-state index in [1.54, 1.807) is 67.6 Å². The first-order valence-electron chi connectivity index (χ1n) is 19.5. The summed E-state index contributed by atoms with van der Waals surface area (Å²) < 4.78 is 12.1. The van der Waals surface area contributed by atoms with Crippen LogP contribution in [-0.4, -0.2) is 95.1 Å². The van der Waals surface area contributed by atoms with Gasteiger partial charge < -0.3 is 36.3 Å². The van der Waals surface area contributed by atoms with Crippen molar-refractivity contribution in [2.45, 2.75) is 51.1 Å². The molecule has 0 saturated heterocycles. The number of likely N-dealkylation sites (N-methyl/N-ethyl adjacent to an activating group) is 1. The maximum atomic E-state index is 14.5. The van der Waals surface area contributed by atoms with Crippen molar-refractivity contribution in [3.05, 3.63) is 94.8 Å². The van der Waals surface area contributed by atoms with E-state index in [1.807, 2.05) is 6.07 Å². The van der Waals surface area contributed by atoms with Gasteiger partial charge in [0.2, 0.25) is 11.8 Å². The third kappa shape index (κ3) is 11.2. The molecule has 2 amide bonds. The van der Waals surface area contributed by atoms with Gasteiger partial charge in [0.05, 0.1) is 30.2 Å². The zero-order chi connectivity index (χ0) is 43.3. The van der Waals surface area contributed by atoms with E-state index in [-0.39, 0.29) is 63.3 Å². The summed E-state index contributed by atoms with van der Waals surface area (Å²) in [5, 5.41) is 23.0. The van der Waals surface area contributed by atoms with Gasteiger partial charge in [0.1, 0.15) is 30.8 Å². The number of fused-ring (bicyclic) bond motifs is 5. The average molecular weight is 838 g/mol. The number of benzene rings is 3. The van der Waals surface area contributed by atoms with Gasteiger partial charge in [0.25, 0.3) is 0 Å². The second-order valence-corrected chi connectivity index (χ2v) is 14.9. The summed E-state index contributed by atoms with van der Waals surface area (Å²) in [6, 6.07) is 16.7. The van der Waals surface area contributed by atoms with Crippen LogP contribution in [0.2, 0.25) is 5.02 Å². The molecule has 0 radical (unpaired) electrons. The van der Waals surface area contributed by atoms with Crippen molar-refractivity contribution in [2.75, 3.05) is 40.0 Å². The molecular weight excluding hydrogens is 790 g/mol. The van der Waals surface area contributed by atoms with Crippen LogP contribution in [-0.2, 0) is 25.6 Å². The van der Waals surface area contributed by atoms with Gasteiger partial charge in [-0.2, -0.15) is 5.26 Å². The molecule has 1 aliphatic rings. The van der Waals surface area contributed by atoms with Crippen molar-refractivity contribution >= 4 is 40.8 Å². The Morgan fingerprint density at radius 2 is 1.60 bits per heavy atom. The van der Waals surface area contributed by atoms with Gasteiger partial charge in [0.15, 0.2) is 23.2 Å². The van der Waals surface area contributed by atoms with Crippen molar-refractivity contribution in [1.82, 2.24) is 20.2 Å². The number of nitrogens with two attached hydrogens (primary N) is 2. The molecule has 0 aliphatic carbocycles. The number of nitrogens with zero attached hydrogens (tertiary/aromatic N) is 4. The summed E-state index contributed by atoms with van der Waals surface area (Å²) in [5.74, 6) is -3.72. The van der Waals surface area contributed by atoms with Gasteiger partial charge in [-0.05, 0) is 66.1 Å². The Morgan fingerprint density at radius 1 is 0.967 bits per heavy atom. The Hall–Kier alpha value is -6.05. The predicted octanol–water partition coefficient (Wildman–Crippen LogP) is 4.03.